The van der Waals surface area contributed by atoms with E-state index in [2.05, 4.69) is 34.9 Å². The maximum Gasteiger partial charge on any atom is 0.416 e. The number of esters is 2. The summed E-state index contributed by atoms with van der Waals surface area (Å²) in [4.78, 5) is 50.9. The predicted molar refractivity (Wildman–Crippen MR) is 176 cm³/mol. The van der Waals surface area contributed by atoms with E-state index in [0.717, 1.165) is 11.1 Å². The summed E-state index contributed by atoms with van der Waals surface area (Å²) in [5, 5.41) is 8.61. The molecule has 0 aliphatic heterocycles. The fourth-order valence-corrected chi connectivity index (χ4v) is 3.54. The van der Waals surface area contributed by atoms with E-state index in [1.807, 2.05) is 60.7 Å². The van der Waals surface area contributed by atoms with Gasteiger partial charge in [-0.05, 0) is 42.3 Å². The summed E-state index contributed by atoms with van der Waals surface area (Å²) < 4.78 is 19.1. The van der Waals surface area contributed by atoms with Gasteiger partial charge < -0.3 is 35.1 Å². The summed E-state index contributed by atoms with van der Waals surface area (Å²) in [6.45, 7) is 1.26. The SMILES string of the molecule is C.C.COC(=O)C(CCCCNC(=O)OCc1ccccc1)=[N+]=[N-].COC(=O)[C@H](CCCCNC(=O)OCc1ccccc1)N=[N+]=[N-]. The molecule has 15 heteroatoms. The number of unbranched alkanes of at least 4 members (excludes halogenated alkanes) is 2. The minimum Gasteiger partial charge on any atom is -0.469 e. The van der Waals surface area contributed by atoms with Crippen LogP contribution in [0.2, 0.25) is 0 Å². The number of ether oxygens (including phenoxy) is 4. The van der Waals surface area contributed by atoms with Crippen LogP contribution in [-0.2, 0) is 41.8 Å². The third-order valence-electron chi connectivity index (χ3n) is 5.91. The van der Waals surface area contributed by atoms with Crippen molar-refractivity contribution in [1.29, 1.82) is 0 Å². The zero-order chi connectivity index (χ0) is 33.1. The Morgan fingerprint density at radius 3 is 1.66 bits per heavy atom. The normalized spacial score (nSPS) is 9.83. The summed E-state index contributed by atoms with van der Waals surface area (Å²) in [5.41, 5.74) is 18.8. The highest BCUT2D eigenvalue weighted by Gasteiger charge is 2.19. The summed E-state index contributed by atoms with van der Waals surface area (Å²) in [6.07, 6.45) is 2.11. The molecule has 0 spiro atoms. The molecular formula is C32H47N7O8. The molecular weight excluding hydrogens is 610 g/mol. The standard InChI is InChI=1S/C15H20N4O4.C15H19N3O4.2CH4/c1-22-14(20)13(18-19-16)9-5-6-10-17-15(21)23-11-12-7-3-2-4-8-12;1-21-14(19)13(18-16)9-5-6-10-17-15(20)22-11-12-7-3-2-4-8-12;;/h2-4,7-8,13H,5-6,9-11H2,1H3,(H,17,21);2-4,7-8H,5-6,9-11H2,1H3,(H,17,20);2*1H4/t13-;;;/m0.../s1. The van der Waals surface area contributed by atoms with Crippen molar-refractivity contribution >= 4 is 29.8 Å². The molecule has 0 saturated heterocycles. The summed E-state index contributed by atoms with van der Waals surface area (Å²) in [7, 11) is 2.46. The number of nitrogens with one attached hydrogen (secondary N) is 2. The number of alkyl carbamates (subject to hydrolysis) is 2. The number of carbonyl (C=O) groups is 4. The van der Waals surface area contributed by atoms with E-state index < -0.39 is 30.2 Å². The van der Waals surface area contributed by atoms with E-state index in [4.69, 9.17) is 20.5 Å². The maximum absolute atomic E-state index is 11.5. The average Bonchev–Trinajstić information content (AvgIpc) is 3.07. The first-order valence-electron chi connectivity index (χ1n) is 14.1. The molecule has 0 aliphatic carbocycles. The lowest BCUT2D eigenvalue weighted by atomic mass is 10.1. The van der Waals surface area contributed by atoms with Gasteiger partial charge in [0.2, 0.25) is 0 Å². The van der Waals surface area contributed by atoms with Crippen LogP contribution in [0.15, 0.2) is 65.8 Å². The molecule has 0 saturated carbocycles. The quantitative estimate of drug-likeness (QED) is 0.0382. The number of methoxy groups -OCH3 is 2. The van der Waals surface area contributed by atoms with Crippen molar-refractivity contribution in [3.05, 3.63) is 87.8 Å². The van der Waals surface area contributed by atoms with E-state index in [1.165, 1.54) is 14.2 Å². The van der Waals surface area contributed by atoms with E-state index in [9.17, 15) is 19.2 Å². The molecule has 2 amide bonds. The Morgan fingerprint density at radius 2 is 1.23 bits per heavy atom. The van der Waals surface area contributed by atoms with Crippen molar-refractivity contribution < 1.29 is 42.9 Å². The van der Waals surface area contributed by atoms with Gasteiger partial charge in [-0.2, -0.15) is 4.79 Å². The van der Waals surface area contributed by atoms with Gasteiger partial charge in [0, 0.05) is 18.0 Å². The number of hydrogen-bond donors (Lipinski definition) is 2. The molecule has 0 aliphatic rings. The fourth-order valence-electron chi connectivity index (χ4n) is 3.54. The van der Waals surface area contributed by atoms with Gasteiger partial charge in [-0.1, -0.05) is 87.1 Å². The van der Waals surface area contributed by atoms with Gasteiger partial charge in [0.25, 0.3) is 0 Å². The monoisotopic (exact) mass is 657 g/mol. The van der Waals surface area contributed by atoms with Crippen LogP contribution in [0.1, 0.15) is 64.5 Å². The van der Waals surface area contributed by atoms with Crippen LogP contribution in [0.5, 0.6) is 0 Å². The first-order valence-corrected chi connectivity index (χ1v) is 14.1. The number of carbonyl (C=O) groups excluding carboxylic acids is 4. The summed E-state index contributed by atoms with van der Waals surface area (Å²) in [6, 6.07) is 17.9. The second-order valence-corrected chi connectivity index (χ2v) is 9.21. The van der Waals surface area contributed by atoms with Crippen molar-refractivity contribution in [3.63, 3.8) is 0 Å². The van der Waals surface area contributed by atoms with Gasteiger partial charge in [0.15, 0.2) is 0 Å². The first kappa shape index (κ1) is 43.7. The van der Waals surface area contributed by atoms with Crippen LogP contribution in [-0.4, -0.2) is 68.0 Å². The van der Waals surface area contributed by atoms with Crippen molar-refractivity contribution in [2.45, 2.75) is 72.6 Å². The van der Waals surface area contributed by atoms with Crippen LogP contribution in [0.4, 0.5) is 9.59 Å². The molecule has 0 unspecified atom stereocenters. The minimum absolute atomic E-state index is 0. The topological polar surface area (TPSA) is 214 Å². The lowest BCUT2D eigenvalue weighted by Crippen LogP contribution is -2.25. The maximum atomic E-state index is 11.5. The number of nitrogens with zero attached hydrogens (tertiary/aromatic N) is 5. The van der Waals surface area contributed by atoms with Crippen LogP contribution in [0, 0.1) is 0 Å². The summed E-state index contributed by atoms with van der Waals surface area (Å²) >= 11 is 0. The van der Waals surface area contributed by atoms with Gasteiger partial charge in [-0.15, -0.1) is 0 Å². The molecule has 0 aromatic heterocycles. The molecule has 15 nitrogen and oxygen atoms in total. The third-order valence-corrected chi connectivity index (χ3v) is 5.91. The number of azide groups is 1. The number of benzene rings is 2. The molecule has 47 heavy (non-hydrogen) atoms. The zero-order valence-corrected chi connectivity index (χ0v) is 25.4. The third kappa shape index (κ3) is 21.1. The van der Waals surface area contributed by atoms with E-state index in [-0.39, 0.29) is 40.2 Å². The Hall–Kier alpha value is -5.39. The Labute approximate surface area is 276 Å². The fraction of sp³-hybridized carbons (Fsp3) is 0.469. The van der Waals surface area contributed by atoms with Crippen LogP contribution in [0.3, 0.4) is 0 Å². The molecule has 0 bridgehead atoms. The molecule has 2 rings (SSSR count). The molecule has 0 radical (unpaired) electrons. The van der Waals surface area contributed by atoms with Crippen molar-refractivity contribution in [2.75, 3.05) is 27.3 Å². The molecule has 2 N–H and O–H groups in total. The highest BCUT2D eigenvalue weighted by Crippen LogP contribution is 2.07. The number of rotatable bonds is 17. The van der Waals surface area contributed by atoms with E-state index >= 15 is 0 Å². The second-order valence-electron chi connectivity index (χ2n) is 9.21. The highest BCUT2D eigenvalue weighted by atomic mass is 16.6. The van der Waals surface area contributed by atoms with Crippen molar-refractivity contribution in [3.8, 4) is 0 Å². The Kier molecular flexibility index (Phi) is 26.2. The molecule has 0 heterocycles. The highest BCUT2D eigenvalue weighted by molar-refractivity contribution is 6.33. The predicted octanol–water partition coefficient (Wildman–Crippen LogP) is 6.13. The Bertz CT molecular complexity index is 1280. The van der Waals surface area contributed by atoms with Gasteiger partial charge in [0.05, 0.1) is 20.6 Å². The molecule has 2 aromatic rings. The van der Waals surface area contributed by atoms with Crippen molar-refractivity contribution in [2.24, 2.45) is 5.11 Å². The average molecular weight is 658 g/mol. The zero-order valence-electron chi connectivity index (χ0n) is 25.4. The molecule has 0 fully saturated rings. The van der Waals surface area contributed by atoms with Gasteiger partial charge in [-0.3, -0.25) is 4.79 Å². The number of amides is 2. The van der Waals surface area contributed by atoms with Gasteiger partial charge >= 0.3 is 29.8 Å². The molecule has 1 atom stereocenters. The lowest BCUT2D eigenvalue weighted by Gasteiger charge is -2.09. The largest absolute Gasteiger partial charge is 0.469 e. The number of hydrogen-bond acceptors (Lipinski definition) is 9. The van der Waals surface area contributed by atoms with Crippen LogP contribution >= 0.6 is 0 Å². The van der Waals surface area contributed by atoms with Crippen LogP contribution < -0.4 is 10.6 Å². The minimum atomic E-state index is -0.824. The second kappa shape index (κ2) is 28.1. The molecule has 258 valence electrons. The Morgan fingerprint density at radius 1 is 0.745 bits per heavy atom. The van der Waals surface area contributed by atoms with Gasteiger partial charge in [-0.25, -0.2) is 14.4 Å². The van der Waals surface area contributed by atoms with Crippen molar-refractivity contribution in [1.82, 2.24) is 10.6 Å². The van der Waals surface area contributed by atoms with E-state index in [0.29, 0.717) is 45.2 Å². The van der Waals surface area contributed by atoms with Gasteiger partial charge in [0.1, 0.15) is 19.3 Å². The lowest BCUT2D eigenvalue weighted by molar-refractivity contribution is -0.142. The molecule has 2 aromatic carbocycles. The first-order chi connectivity index (χ1) is 21.8. The van der Waals surface area contributed by atoms with Crippen LogP contribution in [0.25, 0.3) is 16.0 Å². The van der Waals surface area contributed by atoms with E-state index in [1.54, 1.807) is 0 Å². The Balaban J connectivity index is 0. The summed E-state index contributed by atoms with van der Waals surface area (Å²) in [5.74, 6) is -1.21. The smallest absolute Gasteiger partial charge is 0.416 e.